The average molecular weight is 370 g/mol. The number of benzene rings is 2. The summed E-state index contributed by atoms with van der Waals surface area (Å²) in [6, 6.07) is 13.5. The zero-order valence-electron chi connectivity index (χ0n) is 11.8. The summed E-state index contributed by atoms with van der Waals surface area (Å²) >= 11 is 9.78. The van der Waals surface area contributed by atoms with Crippen LogP contribution < -0.4 is 16.0 Å². The highest BCUT2D eigenvalue weighted by Gasteiger charge is 2.16. The van der Waals surface area contributed by atoms with Crippen LogP contribution in [0.15, 0.2) is 46.9 Å². The normalized spacial score (nSPS) is 12.2. The summed E-state index contributed by atoms with van der Waals surface area (Å²) in [5.74, 6) is 6.58. The van der Waals surface area contributed by atoms with E-state index in [1.165, 1.54) is 0 Å². The summed E-state index contributed by atoms with van der Waals surface area (Å²) in [6.07, 6.45) is 0.988. The van der Waals surface area contributed by atoms with Crippen molar-refractivity contribution in [3.05, 3.63) is 63.1 Å². The Balaban J connectivity index is 2.27. The van der Waals surface area contributed by atoms with E-state index in [9.17, 15) is 0 Å². The van der Waals surface area contributed by atoms with Crippen molar-refractivity contribution >= 4 is 27.5 Å². The van der Waals surface area contributed by atoms with E-state index in [0.717, 1.165) is 34.4 Å². The van der Waals surface area contributed by atoms with Gasteiger partial charge in [0.1, 0.15) is 5.75 Å². The van der Waals surface area contributed by atoms with Crippen LogP contribution in [0.5, 0.6) is 5.75 Å². The van der Waals surface area contributed by atoms with Crippen LogP contribution in [0.25, 0.3) is 0 Å². The Morgan fingerprint density at radius 1 is 1.24 bits per heavy atom. The summed E-state index contributed by atoms with van der Waals surface area (Å²) in [4.78, 5) is 0. The SMILES string of the molecule is CCCOc1ccc(C(NN)c2cccc(Br)c2Cl)cc1. The summed E-state index contributed by atoms with van der Waals surface area (Å²) in [7, 11) is 0. The van der Waals surface area contributed by atoms with Crippen LogP contribution in [0.1, 0.15) is 30.5 Å². The molecule has 21 heavy (non-hydrogen) atoms. The molecule has 0 fully saturated rings. The molecular formula is C16H18BrClN2O. The first kappa shape index (κ1) is 16.3. The fourth-order valence-corrected chi connectivity index (χ4v) is 2.70. The first-order valence-corrected chi connectivity index (χ1v) is 7.97. The van der Waals surface area contributed by atoms with Gasteiger partial charge < -0.3 is 4.74 Å². The number of hydrazine groups is 1. The standard InChI is InChI=1S/C16H18BrClN2O/c1-2-10-21-12-8-6-11(7-9-12)16(20-19)13-4-3-5-14(17)15(13)18/h3-9,16,20H,2,10,19H2,1H3. The predicted molar refractivity (Wildman–Crippen MR) is 90.5 cm³/mol. The molecule has 0 bridgehead atoms. The van der Waals surface area contributed by atoms with Crippen LogP contribution >= 0.6 is 27.5 Å². The lowest BCUT2D eigenvalue weighted by Crippen LogP contribution is -2.29. The number of ether oxygens (including phenoxy) is 1. The van der Waals surface area contributed by atoms with E-state index in [-0.39, 0.29) is 6.04 Å². The Bertz CT molecular complexity index is 589. The largest absolute Gasteiger partial charge is 0.494 e. The third kappa shape index (κ3) is 3.98. The molecule has 0 heterocycles. The Kier molecular flexibility index (Phi) is 6.06. The lowest BCUT2D eigenvalue weighted by Gasteiger charge is -2.19. The van der Waals surface area contributed by atoms with Crippen molar-refractivity contribution in [1.82, 2.24) is 5.43 Å². The Morgan fingerprint density at radius 2 is 1.95 bits per heavy atom. The van der Waals surface area contributed by atoms with Crippen molar-refractivity contribution in [1.29, 1.82) is 0 Å². The van der Waals surface area contributed by atoms with Gasteiger partial charge in [-0.05, 0) is 51.7 Å². The minimum Gasteiger partial charge on any atom is -0.494 e. The van der Waals surface area contributed by atoms with Gasteiger partial charge in [0.25, 0.3) is 0 Å². The van der Waals surface area contributed by atoms with Gasteiger partial charge in [0.05, 0.1) is 17.7 Å². The van der Waals surface area contributed by atoms with Gasteiger partial charge in [-0.3, -0.25) is 5.84 Å². The molecule has 2 aromatic carbocycles. The molecule has 0 saturated heterocycles. The maximum Gasteiger partial charge on any atom is 0.119 e. The molecule has 1 atom stereocenters. The highest BCUT2D eigenvalue weighted by Crippen LogP contribution is 2.33. The number of hydrogen-bond donors (Lipinski definition) is 2. The summed E-state index contributed by atoms with van der Waals surface area (Å²) in [5, 5.41) is 0.659. The van der Waals surface area contributed by atoms with Crippen LogP contribution in [-0.4, -0.2) is 6.61 Å². The minimum atomic E-state index is -0.171. The molecule has 0 spiro atoms. The second kappa shape index (κ2) is 7.80. The molecule has 112 valence electrons. The van der Waals surface area contributed by atoms with Crippen molar-refractivity contribution in [2.45, 2.75) is 19.4 Å². The monoisotopic (exact) mass is 368 g/mol. The fourth-order valence-electron chi connectivity index (χ4n) is 2.09. The second-order valence-electron chi connectivity index (χ2n) is 4.66. The van der Waals surface area contributed by atoms with E-state index >= 15 is 0 Å². The van der Waals surface area contributed by atoms with E-state index in [1.807, 2.05) is 42.5 Å². The molecule has 0 aromatic heterocycles. The van der Waals surface area contributed by atoms with Crippen LogP contribution in [0.4, 0.5) is 0 Å². The number of rotatable bonds is 6. The van der Waals surface area contributed by atoms with E-state index in [0.29, 0.717) is 5.02 Å². The zero-order valence-corrected chi connectivity index (χ0v) is 14.1. The molecule has 1 unspecified atom stereocenters. The van der Waals surface area contributed by atoms with Gasteiger partial charge in [0.15, 0.2) is 0 Å². The summed E-state index contributed by atoms with van der Waals surface area (Å²) in [6.45, 7) is 2.80. The van der Waals surface area contributed by atoms with Gasteiger partial charge in [0, 0.05) is 4.47 Å². The van der Waals surface area contributed by atoms with Crippen molar-refractivity contribution in [2.24, 2.45) is 5.84 Å². The third-order valence-corrected chi connectivity index (χ3v) is 4.46. The van der Waals surface area contributed by atoms with Gasteiger partial charge >= 0.3 is 0 Å². The van der Waals surface area contributed by atoms with Crippen LogP contribution in [0, 0.1) is 0 Å². The number of nitrogens with one attached hydrogen (secondary N) is 1. The van der Waals surface area contributed by atoms with Gasteiger partial charge in [0.2, 0.25) is 0 Å². The molecule has 0 amide bonds. The first-order valence-electron chi connectivity index (χ1n) is 6.80. The molecule has 0 aliphatic carbocycles. The van der Waals surface area contributed by atoms with Gasteiger partial charge in [-0.25, -0.2) is 5.43 Å². The molecule has 0 radical (unpaired) electrons. The second-order valence-corrected chi connectivity index (χ2v) is 5.89. The highest BCUT2D eigenvalue weighted by atomic mass is 79.9. The van der Waals surface area contributed by atoms with Gasteiger partial charge in [-0.15, -0.1) is 0 Å². The Morgan fingerprint density at radius 3 is 2.57 bits per heavy atom. The Labute approximate surface area is 138 Å². The number of hydrogen-bond acceptors (Lipinski definition) is 3. The number of nitrogens with two attached hydrogens (primary N) is 1. The topological polar surface area (TPSA) is 47.3 Å². The van der Waals surface area contributed by atoms with Crippen LogP contribution in [-0.2, 0) is 0 Å². The fraction of sp³-hybridized carbons (Fsp3) is 0.250. The lowest BCUT2D eigenvalue weighted by atomic mass is 9.99. The average Bonchev–Trinajstić information content (AvgIpc) is 2.51. The van der Waals surface area contributed by atoms with E-state index < -0.39 is 0 Å². The summed E-state index contributed by atoms with van der Waals surface area (Å²) < 4.78 is 6.44. The number of halogens is 2. The van der Waals surface area contributed by atoms with Gasteiger partial charge in [-0.2, -0.15) is 0 Å². The lowest BCUT2D eigenvalue weighted by molar-refractivity contribution is 0.317. The molecule has 2 aromatic rings. The van der Waals surface area contributed by atoms with Crippen molar-refractivity contribution in [2.75, 3.05) is 6.61 Å². The minimum absolute atomic E-state index is 0.171. The third-order valence-electron chi connectivity index (χ3n) is 3.15. The van der Waals surface area contributed by atoms with E-state index in [1.54, 1.807) is 0 Å². The molecular weight excluding hydrogens is 352 g/mol. The molecule has 2 rings (SSSR count). The molecule has 0 saturated carbocycles. The molecule has 0 aliphatic rings. The maximum absolute atomic E-state index is 6.35. The van der Waals surface area contributed by atoms with E-state index in [2.05, 4.69) is 28.3 Å². The molecule has 3 N–H and O–H groups in total. The zero-order chi connectivity index (χ0) is 15.2. The molecule has 0 aliphatic heterocycles. The van der Waals surface area contributed by atoms with E-state index in [4.69, 9.17) is 22.2 Å². The smallest absolute Gasteiger partial charge is 0.119 e. The van der Waals surface area contributed by atoms with Gasteiger partial charge in [-0.1, -0.05) is 42.8 Å². The first-order chi connectivity index (χ1) is 10.2. The van der Waals surface area contributed by atoms with Crippen molar-refractivity contribution in [3.8, 4) is 5.75 Å². The van der Waals surface area contributed by atoms with Crippen molar-refractivity contribution < 1.29 is 4.74 Å². The molecule has 3 nitrogen and oxygen atoms in total. The quantitative estimate of drug-likeness (QED) is 0.584. The van der Waals surface area contributed by atoms with Crippen molar-refractivity contribution in [3.63, 3.8) is 0 Å². The van der Waals surface area contributed by atoms with Crippen LogP contribution in [0.2, 0.25) is 5.02 Å². The maximum atomic E-state index is 6.35. The van der Waals surface area contributed by atoms with Crippen LogP contribution in [0.3, 0.4) is 0 Å². The predicted octanol–water partition coefficient (Wildman–Crippen LogP) is 4.44. The molecule has 5 heteroatoms. The summed E-state index contributed by atoms with van der Waals surface area (Å²) in [5.41, 5.74) is 4.77. The Hall–Kier alpha value is -1.07. The highest BCUT2D eigenvalue weighted by molar-refractivity contribution is 9.10.